The van der Waals surface area contributed by atoms with Crippen molar-refractivity contribution in [3.63, 3.8) is 0 Å². The molecule has 2 aromatic heterocycles. The van der Waals surface area contributed by atoms with Gasteiger partial charge < -0.3 is 29.8 Å². The van der Waals surface area contributed by atoms with E-state index in [-0.39, 0.29) is 24.1 Å². The van der Waals surface area contributed by atoms with Gasteiger partial charge in [-0.2, -0.15) is 9.61 Å². The number of pyridine rings is 1. The van der Waals surface area contributed by atoms with Crippen molar-refractivity contribution >= 4 is 17.4 Å². The lowest BCUT2D eigenvalue weighted by Crippen LogP contribution is -2.50. The van der Waals surface area contributed by atoms with Gasteiger partial charge in [0.2, 0.25) is 0 Å². The maximum atomic E-state index is 13.0. The van der Waals surface area contributed by atoms with Crippen LogP contribution in [0.15, 0.2) is 36.8 Å². The van der Waals surface area contributed by atoms with Gasteiger partial charge in [-0.3, -0.25) is 4.79 Å². The molecule has 1 unspecified atom stereocenters. The fourth-order valence-electron chi connectivity index (χ4n) is 4.87. The molecule has 182 valence electrons. The fraction of sp³-hybridized carbons (Fsp3) is 0.417. The Bertz CT molecular complexity index is 1370. The quantitative estimate of drug-likeness (QED) is 0.382. The van der Waals surface area contributed by atoms with Gasteiger partial charge >= 0.3 is 0 Å². The summed E-state index contributed by atoms with van der Waals surface area (Å²) in [7, 11) is 3.49. The van der Waals surface area contributed by atoms with E-state index < -0.39 is 6.10 Å². The predicted octanol–water partition coefficient (Wildman–Crippen LogP) is 1.58. The number of ether oxygens (including phenoxy) is 2. The third-order valence-corrected chi connectivity index (χ3v) is 7.06. The molecule has 0 aromatic carbocycles. The molecule has 11 nitrogen and oxygen atoms in total. The lowest BCUT2D eigenvalue weighted by molar-refractivity contribution is 0.0448. The summed E-state index contributed by atoms with van der Waals surface area (Å²) in [6.07, 6.45) is 6.21. The van der Waals surface area contributed by atoms with E-state index in [2.05, 4.69) is 20.3 Å². The molecular formula is C24H27N7O4. The first kappa shape index (κ1) is 22.0. The van der Waals surface area contributed by atoms with Crippen LogP contribution in [0.4, 0.5) is 5.82 Å². The Labute approximate surface area is 201 Å². The van der Waals surface area contributed by atoms with Crippen molar-refractivity contribution in [2.75, 3.05) is 32.7 Å². The number of carbonyl (C=O) groups excluding carboxylic acids is 1. The smallest absolute Gasteiger partial charge is 0.257 e. The zero-order valence-corrected chi connectivity index (χ0v) is 19.5. The van der Waals surface area contributed by atoms with Gasteiger partial charge in [0.1, 0.15) is 23.3 Å². The third-order valence-electron chi connectivity index (χ3n) is 7.06. The topological polar surface area (TPSA) is 128 Å². The van der Waals surface area contributed by atoms with Crippen LogP contribution in [0.3, 0.4) is 0 Å². The number of anilines is 1. The highest BCUT2D eigenvalue weighted by Crippen LogP contribution is 2.36. The Hall–Kier alpha value is -3.54. The molecule has 11 heteroatoms. The third kappa shape index (κ3) is 3.54. The summed E-state index contributed by atoms with van der Waals surface area (Å²) in [6.45, 7) is 1.11. The number of hydrogen-bond acceptors (Lipinski definition) is 8. The first-order valence-corrected chi connectivity index (χ1v) is 11.7. The maximum absolute atomic E-state index is 13.0. The first-order chi connectivity index (χ1) is 17.1. The molecule has 4 atom stereocenters. The number of amides is 1. The number of methoxy groups -OCH3 is 1. The number of aliphatic hydroxyl groups excluding tert-OH is 1. The van der Waals surface area contributed by atoms with Crippen molar-refractivity contribution < 1.29 is 19.4 Å². The summed E-state index contributed by atoms with van der Waals surface area (Å²) >= 11 is 0. The molecule has 6 rings (SSSR count). The maximum Gasteiger partial charge on any atom is 0.257 e. The lowest BCUT2D eigenvalue weighted by Gasteiger charge is -2.32. The van der Waals surface area contributed by atoms with Gasteiger partial charge in [-0.15, -0.1) is 0 Å². The first-order valence-electron chi connectivity index (χ1n) is 11.7. The average Bonchev–Trinajstić information content (AvgIpc) is 3.63. The van der Waals surface area contributed by atoms with Crippen molar-refractivity contribution in [2.45, 2.75) is 37.1 Å². The Morgan fingerprint density at radius 2 is 2.14 bits per heavy atom. The van der Waals surface area contributed by atoms with Gasteiger partial charge in [-0.1, -0.05) is 0 Å². The van der Waals surface area contributed by atoms with Crippen molar-refractivity contribution in [3.05, 3.63) is 42.4 Å². The lowest BCUT2D eigenvalue weighted by atomic mass is 9.89. The molecule has 0 spiro atoms. The minimum absolute atomic E-state index is 0.0294. The molecule has 2 fully saturated rings. The van der Waals surface area contributed by atoms with Crippen LogP contribution < -0.4 is 10.6 Å². The van der Waals surface area contributed by atoms with Crippen LogP contribution in [0, 0.1) is 0 Å². The number of aromatic nitrogens is 5. The summed E-state index contributed by atoms with van der Waals surface area (Å²) in [5, 5.41) is 20.3. The minimum Gasteiger partial charge on any atom is -0.391 e. The molecule has 1 saturated carbocycles. The molecular weight excluding hydrogens is 450 g/mol. The van der Waals surface area contributed by atoms with Gasteiger partial charge in [0.25, 0.3) is 5.91 Å². The molecule has 1 amide bonds. The number of rotatable bonds is 6. The molecule has 35 heavy (non-hydrogen) atoms. The van der Waals surface area contributed by atoms with E-state index in [1.54, 1.807) is 24.9 Å². The number of hydrogen-bond donors (Lipinski definition) is 3. The molecule has 0 radical (unpaired) electrons. The average molecular weight is 478 g/mol. The SMILES string of the molecule is CNc1cc(-c2cnc3n([C@H]4COC[C@@H]4OC)cccc2-3)nc2c(C(=O)NC3CC[C@H]3O)cnn12. The molecule has 3 N–H and O–H groups in total. The summed E-state index contributed by atoms with van der Waals surface area (Å²) in [5.74, 6) is 1.21. The van der Waals surface area contributed by atoms with Crippen LogP contribution in [0.5, 0.6) is 0 Å². The fourth-order valence-corrected chi connectivity index (χ4v) is 4.87. The highest BCUT2D eigenvalue weighted by Gasteiger charge is 2.33. The molecule has 1 aliphatic carbocycles. The van der Waals surface area contributed by atoms with Crippen LogP contribution >= 0.6 is 0 Å². The van der Waals surface area contributed by atoms with Crippen LogP contribution in [0.25, 0.3) is 28.3 Å². The second-order valence-corrected chi connectivity index (χ2v) is 9.00. The zero-order chi connectivity index (χ0) is 24.1. The van der Waals surface area contributed by atoms with E-state index in [1.165, 1.54) is 6.20 Å². The highest BCUT2D eigenvalue weighted by atomic mass is 16.5. The molecule has 1 saturated heterocycles. The van der Waals surface area contributed by atoms with Crippen LogP contribution in [0.2, 0.25) is 0 Å². The number of nitrogens with one attached hydrogen (secondary N) is 2. The normalized spacial score (nSPS) is 24.1. The standard InChI is InChI=1S/C24H27N7O4/c1-25-21-8-17(28-23-15(10-27-31(21)23)24(33)29-16-5-6-19(16)32)14-9-26-22-13(14)4-3-7-30(22)18-11-35-12-20(18)34-2/h3-4,7-10,16,18-20,25,32H,5-6,11-12H2,1-2H3,(H,29,33)/t16?,18-,19+,20-/m0/s1. The van der Waals surface area contributed by atoms with Crippen molar-refractivity contribution in [2.24, 2.45) is 0 Å². The number of fused-ring (bicyclic) bond motifs is 2. The van der Waals surface area contributed by atoms with Crippen LogP contribution in [-0.4, -0.2) is 80.8 Å². The van der Waals surface area contributed by atoms with E-state index in [0.717, 1.165) is 23.4 Å². The summed E-state index contributed by atoms with van der Waals surface area (Å²) in [6, 6.07) is 5.68. The summed E-state index contributed by atoms with van der Waals surface area (Å²) in [4.78, 5) is 22.5. The van der Waals surface area contributed by atoms with Gasteiger partial charge in [0.15, 0.2) is 5.65 Å². The minimum atomic E-state index is -0.506. The van der Waals surface area contributed by atoms with E-state index >= 15 is 0 Å². The van der Waals surface area contributed by atoms with Crippen LogP contribution in [-0.2, 0) is 9.47 Å². The zero-order valence-electron chi connectivity index (χ0n) is 19.5. The Kier molecular flexibility index (Phi) is 5.39. The van der Waals surface area contributed by atoms with Gasteiger partial charge in [-0.25, -0.2) is 9.97 Å². The second kappa shape index (κ2) is 8.59. The molecule has 4 aliphatic rings. The Morgan fingerprint density at radius 1 is 1.26 bits per heavy atom. The molecule has 5 heterocycles. The molecule has 3 aliphatic heterocycles. The van der Waals surface area contributed by atoms with Crippen LogP contribution in [0.1, 0.15) is 29.2 Å². The summed E-state index contributed by atoms with van der Waals surface area (Å²) < 4.78 is 15.0. The number of nitrogens with zero attached hydrogens (tertiary/aromatic N) is 5. The van der Waals surface area contributed by atoms with E-state index in [0.29, 0.717) is 42.4 Å². The highest BCUT2D eigenvalue weighted by molar-refractivity contribution is 6.00. The summed E-state index contributed by atoms with van der Waals surface area (Å²) in [5.41, 5.74) is 3.25. The van der Waals surface area contributed by atoms with Crippen molar-refractivity contribution in [3.8, 4) is 22.6 Å². The van der Waals surface area contributed by atoms with E-state index in [1.807, 2.05) is 24.4 Å². The second-order valence-electron chi connectivity index (χ2n) is 9.00. The van der Waals surface area contributed by atoms with Gasteiger partial charge in [-0.05, 0) is 25.0 Å². The monoisotopic (exact) mass is 477 g/mol. The number of aliphatic hydroxyl groups is 1. The molecule has 2 aromatic rings. The van der Waals surface area contributed by atoms with Crippen molar-refractivity contribution in [1.29, 1.82) is 0 Å². The van der Waals surface area contributed by atoms with Gasteiger partial charge in [0.05, 0.1) is 43.3 Å². The predicted molar refractivity (Wildman–Crippen MR) is 128 cm³/mol. The van der Waals surface area contributed by atoms with Gasteiger partial charge in [0, 0.05) is 43.7 Å². The largest absolute Gasteiger partial charge is 0.391 e. The Balaban J connectivity index is 1.40. The van der Waals surface area contributed by atoms with Crippen molar-refractivity contribution in [1.82, 2.24) is 29.5 Å². The Morgan fingerprint density at radius 3 is 2.89 bits per heavy atom. The van der Waals surface area contributed by atoms with E-state index in [9.17, 15) is 9.90 Å². The number of carbonyl (C=O) groups is 1. The van der Waals surface area contributed by atoms with E-state index in [4.69, 9.17) is 19.4 Å². The molecule has 0 bridgehead atoms.